The van der Waals surface area contributed by atoms with E-state index in [4.69, 9.17) is 4.74 Å². The molecule has 1 aliphatic heterocycles. The van der Waals surface area contributed by atoms with Crippen LogP contribution in [0.5, 0.6) is 11.6 Å². The number of carbonyl (C=O) groups is 1. The minimum atomic E-state index is -2.96. The number of H-pyrrole nitrogens is 1. The molecule has 3 aromatic heterocycles. The molecule has 1 unspecified atom stereocenters. The van der Waals surface area contributed by atoms with Crippen molar-refractivity contribution in [3.8, 4) is 11.6 Å². The van der Waals surface area contributed by atoms with E-state index in [-0.39, 0.29) is 30.3 Å². The second-order valence-corrected chi connectivity index (χ2v) is 8.01. The summed E-state index contributed by atoms with van der Waals surface area (Å²) in [5.41, 5.74) is -0.0554. The van der Waals surface area contributed by atoms with Crippen LogP contribution in [0.1, 0.15) is 24.8 Å². The summed E-state index contributed by atoms with van der Waals surface area (Å²) in [4.78, 5) is 36.1. The standard InChI is InChI=1S/C23H22F3N5O3/c1-14(31-9-8-23(25,26)18(13-31)15-2-6-20(32)28-10-15)22(33)30-19-5-4-17(12-27-19)34-21-7-3-16(24)11-29-21/h2-7,10-12,14,18H,8-9,13H2,1H3,(H,28,32)(H,27,30,33)/t14?,18-/m1/s1. The third kappa shape index (κ3) is 5.42. The van der Waals surface area contributed by atoms with Gasteiger partial charge in [-0.15, -0.1) is 0 Å². The first-order valence-electron chi connectivity index (χ1n) is 10.6. The number of nitrogens with one attached hydrogen (secondary N) is 2. The Morgan fingerprint density at radius 2 is 2.03 bits per heavy atom. The van der Waals surface area contributed by atoms with Crippen LogP contribution in [-0.2, 0) is 4.79 Å². The number of carbonyl (C=O) groups excluding carboxylic acids is 1. The largest absolute Gasteiger partial charge is 0.437 e. The molecule has 0 radical (unpaired) electrons. The number of hydrogen-bond donors (Lipinski definition) is 2. The lowest BCUT2D eigenvalue weighted by Gasteiger charge is -2.40. The van der Waals surface area contributed by atoms with Crippen LogP contribution < -0.4 is 15.6 Å². The highest BCUT2D eigenvalue weighted by atomic mass is 19.3. The maximum absolute atomic E-state index is 14.6. The lowest BCUT2D eigenvalue weighted by Crippen LogP contribution is -2.52. The van der Waals surface area contributed by atoms with Gasteiger partial charge in [-0.3, -0.25) is 14.5 Å². The molecule has 178 valence electrons. The highest BCUT2D eigenvalue weighted by Crippen LogP contribution is 2.40. The Bertz CT molecular complexity index is 1180. The summed E-state index contributed by atoms with van der Waals surface area (Å²) in [7, 11) is 0. The second kappa shape index (κ2) is 9.64. The summed E-state index contributed by atoms with van der Waals surface area (Å²) in [5.74, 6) is -4.20. The molecule has 1 aliphatic rings. The zero-order valence-corrected chi connectivity index (χ0v) is 18.2. The van der Waals surface area contributed by atoms with Crippen molar-refractivity contribution in [2.75, 3.05) is 18.4 Å². The first-order valence-corrected chi connectivity index (χ1v) is 10.6. The van der Waals surface area contributed by atoms with E-state index < -0.39 is 36.0 Å². The van der Waals surface area contributed by atoms with Gasteiger partial charge in [-0.05, 0) is 30.7 Å². The Morgan fingerprint density at radius 1 is 1.21 bits per heavy atom. The maximum atomic E-state index is 14.6. The van der Waals surface area contributed by atoms with Gasteiger partial charge in [0.1, 0.15) is 17.4 Å². The van der Waals surface area contributed by atoms with Crippen LogP contribution in [0.25, 0.3) is 0 Å². The number of alkyl halides is 2. The molecular weight excluding hydrogens is 451 g/mol. The Kier molecular flexibility index (Phi) is 6.64. The van der Waals surface area contributed by atoms with Crippen molar-refractivity contribution < 1.29 is 22.7 Å². The molecule has 8 nitrogen and oxygen atoms in total. The fourth-order valence-corrected chi connectivity index (χ4v) is 3.72. The normalized spacial score (nSPS) is 18.8. The fourth-order valence-electron chi connectivity index (χ4n) is 3.72. The minimum Gasteiger partial charge on any atom is -0.437 e. The number of aromatic nitrogens is 3. The quantitative estimate of drug-likeness (QED) is 0.568. The average molecular weight is 473 g/mol. The predicted octanol–water partition coefficient (Wildman–Crippen LogP) is 3.55. The Labute approximate surface area is 192 Å². The molecule has 1 fully saturated rings. The van der Waals surface area contributed by atoms with Crippen molar-refractivity contribution in [1.82, 2.24) is 19.9 Å². The Balaban J connectivity index is 1.38. The molecule has 1 amide bonds. The van der Waals surface area contributed by atoms with E-state index in [0.29, 0.717) is 11.3 Å². The number of halogens is 3. The molecule has 4 heterocycles. The van der Waals surface area contributed by atoms with Gasteiger partial charge in [0, 0.05) is 37.8 Å². The lowest BCUT2D eigenvalue weighted by atomic mass is 9.87. The van der Waals surface area contributed by atoms with Gasteiger partial charge in [0.25, 0.3) is 5.92 Å². The summed E-state index contributed by atoms with van der Waals surface area (Å²) >= 11 is 0. The van der Waals surface area contributed by atoms with Crippen LogP contribution in [0.4, 0.5) is 19.0 Å². The first kappa shape index (κ1) is 23.4. The van der Waals surface area contributed by atoms with Crippen LogP contribution in [-0.4, -0.2) is 50.8 Å². The third-order valence-electron chi connectivity index (χ3n) is 5.71. The molecule has 4 rings (SSSR count). The summed E-state index contributed by atoms with van der Waals surface area (Å²) in [6.45, 7) is 1.64. The zero-order valence-electron chi connectivity index (χ0n) is 18.2. The number of rotatable bonds is 6. The number of likely N-dealkylation sites (tertiary alicyclic amines) is 1. The van der Waals surface area contributed by atoms with Crippen LogP contribution >= 0.6 is 0 Å². The van der Waals surface area contributed by atoms with Crippen molar-refractivity contribution in [1.29, 1.82) is 0 Å². The molecule has 0 aliphatic carbocycles. The molecule has 0 aromatic carbocycles. The second-order valence-electron chi connectivity index (χ2n) is 8.01. The van der Waals surface area contributed by atoms with Crippen molar-refractivity contribution in [2.45, 2.75) is 31.2 Å². The van der Waals surface area contributed by atoms with Crippen LogP contribution in [0.3, 0.4) is 0 Å². The number of nitrogens with zero attached hydrogens (tertiary/aromatic N) is 3. The van der Waals surface area contributed by atoms with Crippen molar-refractivity contribution in [2.24, 2.45) is 0 Å². The molecule has 0 bridgehead atoms. The Hall–Kier alpha value is -3.73. The summed E-state index contributed by atoms with van der Waals surface area (Å²) in [6, 6.07) is 7.58. The number of anilines is 1. The number of amides is 1. The molecule has 2 N–H and O–H groups in total. The molecule has 34 heavy (non-hydrogen) atoms. The number of pyridine rings is 3. The van der Waals surface area contributed by atoms with E-state index in [2.05, 4.69) is 20.3 Å². The topological polar surface area (TPSA) is 100 Å². The van der Waals surface area contributed by atoms with Gasteiger partial charge < -0.3 is 15.0 Å². The summed E-state index contributed by atoms with van der Waals surface area (Å²) < 4.78 is 47.6. The number of aromatic amines is 1. The molecule has 11 heteroatoms. The molecular formula is C23H22F3N5O3. The van der Waals surface area contributed by atoms with Crippen molar-refractivity contribution >= 4 is 11.7 Å². The van der Waals surface area contributed by atoms with Crippen LogP contribution in [0, 0.1) is 5.82 Å². The number of ether oxygens (including phenoxy) is 1. The van der Waals surface area contributed by atoms with Gasteiger partial charge >= 0.3 is 0 Å². The zero-order chi connectivity index (χ0) is 24.3. The SMILES string of the molecule is CC(C(=O)Nc1ccc(Oc2ccc(F)cn2)cn1)N1CCC(F)(F)[C@@H](c2ccc(=O)[nH]c2)C1. The van der Waals surface area contributed by atoms with Gasteiger partial charge in [0.2, 0.25) is 17.3 Å². The van der Waals surface area contributed by atoms with Gasteiger partial charge in [0.15, 0.2) is 0 Å². The van der Waals surface area contributed by atoms with E-state index in [9.17, 15) is 22.8 Å². The van der Waals surface area contributed by atoms with Gasteiger partial charge in [0.05, 0.1) is 24.4 Å². The molecule has 3 aromatic rings. The maximum Gasteiger partial charge on any atom is 0.257 e. The van der Waals surface area contributed by atoms with E-state index in [1.165, 1.54) is 42.7 Å². The van der Waals surface area contributed by atoms with Crippen molar-refractivity contribution in [3.63, 3.8) is 0 Å². The monoisotopic (exact) mass is 473 g/mol. The fraction of sp³-hybridized carbons (Fsp3) is 0.304. The number of piperidine rings is 1. The van der Waals surface area contributed by atoms with Gasteiger partial charge in [-0.1, -0.05) is 6.07 Å². The summed E-state index contributed by atoms with van der Waals surface area (Å²) in [5, 5.41) is 2.67. The van der Waals surface area contributed by atoms with E-state index in [0.717, 1.165) is 6.20 Å². The summed E-state index contributed by atoms with van der Waals surface area (Å²) in [6.07, 6.45) is 3.29. The average Bonchev–Trinajstić information content (AvgIpc) is 2.82. The molecule has 0 saturated carbocycles. The lowest BCUT2D eigenvalue weighted by molar-refractivity contribution is -0.125. The minimum absolute atomic E-state index is 0.0431. The third-order valence-corrected chi connectivity index (χ3v) is 5.71. The Morgan fingerprint density at radius 3 is 2.68 bits per heavy atom. The van der Waals surface area contributed by atoms with E-state index >= 15 is 0 Å². The molecule has 1 saturated heterocycles. The van der Waals surface area contributed by atoms with Crippen LogP contribution in [0.15, 0.2) is 59.8 Å². The van der Waals surface area contributed by atoms with E-state index in [1.54, 1.807) is 17.9 Å². The number of hydrogen-bond acceptors (Lipinski definition) is 6. The van der Waals surface area contributed by atoms with Gasteiger partial charge in [-0.2, -0.15) is 0 Å². The molecule has 2 atom stereocenters. The smallest absolute Gasteiger partial charge is 0.257 e. The molecule has 0 spiro atoms. The van der Waals surface area contributed by atoms with E-state index in [1.807, 2.05) is 0 Å². The van der Waals surface area contributed by atoms with Crippen molar-refractivity contribution in [3.05, 3.63) is 76.7 Å². The highest BCUT2D eigenvalue weighted by molar-refractivity contribution is 5.93. The highest BCUT2D eigenvalue weighted by Gasteiger charge is 2.46. The first-order chi connectivity index (χ1) is 16.2. The van der Waals surface area contributed by atoms with Crippen LogP contribution in [0.2, 0.25) is 0 Å². The van der Waals surface area contributed by atoms with Gasteiger partial charge in [-0.25, -0.2) is 23.1 Å². The predicted molar refractivity (Wildman–Crippen MR) is 118 cm³/mol.